The second-order valence-electron chi connectivity index (χ2n) is 9.51. The lowest BCUT2D eigenvalue weighted by Gasteiger charge is -2.37. The third kappa shape index (κ3) is 5.03. The molecule has 0 aromatic heterocycles. The molecule has 0 unspecified atom stereocenters. The third-order valence-corrected chi connectivity index (χ3v) is 7.39. The summed E-state index contributed by atoms with van der Waals surface area (Å²) in [5, 5.41) is 4.38. The van der Waals surface area contributed by atoms with Crippen LogP contribution in [-0.2, 0) is 6.61 Å². The molecule has 6 rings (SSSR count). The van der Waals surface area contributed by atoms with Crippen molar-refractivity contribution in [3.8, 4) is 5.75 Å². The Morgan fingerprint density at radius 3 is 2.62 bits per heavy atom. The molecule has 3 atom stereocenters. The predicted octanol–water partition coefficient (Wildman–Crippen LogP) is 8.64. The highest BCUT2D eigenvalue weighted by Crippen LogP contribution is 2.49. The second kappa shape index (κ2) is 10.2. The quantitative estimate of drug-likeness (QED) is 0.209. The largest absolute Gasteiger partial charge is 0.488 e. The van der Waals surface area contributed by atoms with Crippen molar-refractivity contribution in [1.82, 2.24) is 0 Å². The number of nitrogens with one attached hydrogen (secondary N) is 1. The van der Waals surface area contributed by atoms with Crippen LogP contribution in [0.25, 0.3) is 0 Å². The number of aliphatic imine (C=N–C) groups is 1. The molecule has 0 spiro atoms. The SMILES string of the molecule is Fc1ccc(COc2ccc(Cl)cc2C=Nc2ccc([C@@H]3Nc4ccccc4[C@H]4C=CC[C@@H]43)cc2)cc1. The van der Waals surface area contributed by atoms with Gasteiger partial charge < -0.3 is 10.1 Å². The summed E-state index contributed by atoms with van der Waals surface area (Å²) in [7, 11) is 0. The predicted molar refractivity (Wildman–Crippen MR) is 149 cm³/mol. The monoisotopic (exact) mass is 508 g/mol. The van der Waals surface area contributed by atoms with Gasteiger partial charge in [0, 0.05) is 28.4 Å². The number of hydrogen-bond acceptors (Lipinski definition) is 3. The molecule has 0 amide bonds. The van der Waals surface area contributed by atoms with Crippen LogP contribution in [0.1, 0.15) is 40.6 Å². The standard InChI is InChI=1S/C32H26ClFN2O/c33-24-12-17-31(37-20-21-8-13-25(34)14-9-21)23(18-24)19-35-26-15-10-22(11-16-26)32-29-6-3-5-27(29)28-4-1-2-7-30(28)36-32/h1-5,7-19,27,29,32,36H,6,20H2/t27-,29+,32+/m1/s1. The van der Waals surface area contributed by atoms with Gasteiger partial charge in [-0.2, -0.15) is 0 Å². The first-order valence-electron chi connectivity index (χ1n) is 12.5. The number of hydrogen-bond donors (Lipinski definition) is 1. The fourth-order valence-electron chi connectivity index (χ4n) is 5.28. The normalized spacial score (nSPS) is 19.9. The minimum atomic E-state index is -0.266. The number of rotatable bonds is 6. The molecule has 0 bridgehead atoms. The van der Waals surface area contributed by atoms with E-state index in [1.165, 1.54) is 28.9 Å². The third-order valence-electron chi connectivity index (χ3n) is 7.16. The molecule has 0 saturated heterocycles. The van der Waals surface area contributed by atoms with Crippen molar-refractivity contribution in [2.45, 2.75) is 25.0 Å². The van der Waals surface area contributed by atoms with E-state index >= 15 is 0 Å². The number of benzene rings is 4. The highest BCUT2D eigenvalue weighted by molar-refractivity contribution is 6.30. The molecule has 2 aliphatic rings. The van der Waals surface area contributed by atoms with E-state index < -0.39 is 0 Å². The smallest absolute Gasteiger partial charge is 0.128 e. The van der Waals surface area contributed by atoms with E-state index in [2.05, 4.69) is 71.0 Å². The molecular weight excluding hydrogens is 483 g/mol. The van der Waals surface area contributed by atoms with E-state index in [4.69, 9.17) is 16.3 Å². The molecule has 37 heavy (non-hydrogen) atoms. The van der Waals surface area contributed by atoms with Gasteiger partial charge >= 0.3 is 0 Å². The fraction of sp³-hybridized carbons (Fsp3) is 0.156. The van der Waals surface area contributed by atoms with Crippen molar-refractivity contribution in [2.75, 3.05) is 5.32 Å². The van der Waals surface area contributed by atoms with Crippen LogP contribution in [0.15, 0.2) is 108 Å². The molecule has 4 aromatic carbocycles. The van der Waals surface area contributed by atoms with E-state index in [9.17, 15) is 4.39 Å². The van der Waals surface area contributed by atoms with Crippen molar-refractivity contribution in [3.05, 3.63) is 136 Å². The zero-order chi connectivity index (χ0) is 25.2. The molecule has 0 radical (unpaired) electrons. The van der Waals surface area contributed by atoms with E-state index in [-0.39, 0.29) is 11.9 Å². The Morgan fingerprint density at radius 1 is 0.973 bits per heavy atom. The first-order valence-corrected chi connectivity index (χ1v) is 12.8. The average molecular weight is 509 g/mol. The molecule has 1 N–H and O–H groups in total. The first kappa shape index (κ1) is 23.5. The molecule has 184 valence electrons. The number of allylic oxidation sites excluding steroid dienone is 2. The maximum Gasteiger partial charge on any atom is 0.128 e. The van der Waals surface area contributed by atoms with Crippen molar-refractivity contribution < 1.29 is 9.13 Å². The summed E-state index contributed by atoms with van der Waals surface area (Å²) in [5.41, 5.74) is 6.38. The van der Waals surface area contributed by atoms with Gasteiger partial charge in [-0.3, -0.25) is 4.99 Å². The fourth-order valence-corrected chi connectivity index (χ4v) is 5.46. The Hall–Kier alpha value is -3.89. The molecule has 1 aliphatic heterocycles. The van der Waals surface area contributed by atoms with Crippen LogP contribution in [0.3, 0.4) is 0 Å². The molecule has 1 heterocycles. The topological polar surface area (TPSA) is 33.6 Å². The molecule has 4 aromatic rings. The maximum absolute atomic E-state index is 13.2. The number of nitrogens with zero attached hydrogens (tertiary/aromatic N) is 1. The van der Waals surface area contributed by atoms with E-state index in [0.29, 0.717) is 29.2 Å². The van der Waals surface area contributed by atoms with Gasteiger partial charge in [0.05, 0.1) is 11.7 Å². The zero-order valence-corrected chi connectivity index (χ0v) is 20.9. The molecule has 0 fully saturated rings. The number of anilines is 1. The van der Waals surface area contributed by atoms with Crippen LogP contribution >= 0.6 is 11.6 Å². The molecule has 3 nitrogen and oxygen atoms in total. The number of ether oxygens (including phenoxy) is 1. The van der Waals surface area contributed by atoms with Crippen LogP contribution in [0, 0.1) is 11.7 Å². The molecule has 1 aliphatic carbocycles. The highest BCUT2D eigenvalue weighted by atomic mass is 35.5. The van der Waals surface area contributed by atoms with Crippen molar-refractivity contribution in [3.63, 3.8) is 0 Å². The van der Waals surface area contributed by atoms with Crippen LogP contribution < -0.4 is 10.1 Å². The Balaban J connectivity index is 1.18. The zero-order valence-electron chi connectivity index (χ0n) is 20.1. The summed E-state index contributed by atoms with van der Waals surface area (Å²) < 4.78 is 19.2. The van der Waals surface area contributed by atoms with E-state index in [0.717, 1.165) is 23.2 Å². The second-order valence-corrected chi connectivity index (χ2v) is 9.95. The summed E-state index contributed by atoms with van der Waals surface area (Å²) in [6.45, 7) is 0.325. The van der Waals surface area contributed by atoms with Crippen LogP contribution in [0.4, 0.5) is 15.8 Å². The Bertz CT molecular complexity index is 1460. The number of fused-ring (bicyclic) bond motifs is 3. The van der Waals surface area contributed by atoms with E-state index in [1.807, 2.05) is 12.1 Å². The van der Waals surface area contributed by atoms with Gasteiger partial charge in [0.1, 0.15) is 18.2 Å². The summed E-state index contributed by atoms with van der Waals surface area (Å²) in [5.74, 6) is 1.37. The van der Waals surface area contributed by atoms with Crippen molar-refractivity contribution in [1.29, 1.82) is 0 Å². The Labute approximate surface area is 221 Å². The van der Waals surface area contributed by atoms with Gasteiger partial charge in [0.15, 0.2) is 0 Å². The lowest BCUT2D eigenvalue weighted by molar-refractivity contribution is 0.305. The van der Waals surface area contributed by atoms with Crippen molar-refractivity contribution >= 4 is 29.2 Å². The van der Waals surface area contributed by atoms with E-state index in [1.54, 1.807) is 24.4 Å². The summed E-state index contributed by atoms with van der Waals surface area (Å²) in [4.78, 5) is 4.69. The minimum Gasteiger partial charge on any atom is -0.488 e. The lowest BCUT2D eigenvalue weighted by Crippen LogP contribution is -2.28. The van der Waals surface area contributed by atoms with Gasteiger partial charge in [-0.25, -0.2) is 4.39 Å². The van der Waals surface area contributed by atoms with Gasteiger partial charge in [-0.1, -0.05) is 66.2 Å². The van der Waals surface area contributed by atoms with Crippen LogP contribution in [0.2, 0.25) is 5.02 Å². The minimum absolute atomic E-state index is 0.257. The summed E-state index contributed by atoms with van der Waals surface area (Å²) in [6, 6.07) is 29.0. The lowest BCUT2D eigenvalue weighted by atomic mass is 9.77. The molecular formula is C32H26ClFN2O. The number of para-hydroxylation sites is 1. The van der Waals surface area contributed by atoms with Gasteiger partial charge in [-0.15, -0.1) is 0 Å². The summed E-state index contributed by atoms with van der Waals surface area (Å²) in [6.07, 6.45) is 7.52. The number of halogens is 2. The highest BCUT2D eigenvalue weighted by Gasteiger charge is 2.37. The summed E-state index contributed by atoms with van der Waals surface area (Å²) >= 11 is 6.25. The molecule has 5 heteroatoms. The maximum atomic E-state index is 13.2. The average Bonchev–Trinajstić information content (AvgIpc) is 3.43. The Morgan fingerprint density at radius 2 is 1.78 bits per heavy atom. The molecule has 0 saturated carbocycles. The van der Waals surface area contributed by atoms with Gasteiger partial charge in [0.25, 0.3) is 0 Å². The van der Waals surface area contributed by atoms with Crippen LogP contribution in [0.5, 0.6) is 5.75 Å². The van der Waals surface area contributed by atoms with Crippen molar-refractivity contribution in [2.24, 2.45) is 10.9 Å². The first-order chi connectivity index (χ1) is 18.1. The van der Waals surface area contributed by atoms with Crippen LogP contribution in [-0.4, -0.2) is 6.21 Å². The van der Waals surface area contributed by atoms with Gasteiger partial charge in [-0.05, 0) is 77.6 Å². The van der Waals surface area contributed by atoms with Gasteiger partial charge in [0.2, 0.25) is 0 Å². The Kier molecular flexibility index (Phi) is 6.50.